The van der Waals surface area contributed by atoms with Crippen molar-refractivity contribution in [3.63, 3.8) is 0 Å². The number of carbonyl (C=O) groups excluding carboxylic acids is 1. The van der Waals surface area contributed by atoms with Gasteiger partial charge in [0.05, 0.1) is 38.7 Å². The van der Waals surface area contributed by atoms with Crippen LogP contribution in [-0.4, -0.2) is 30.2 Å². The van der Waals surface area contributed by atoms with E-state index in [1.807, 2.05) is 54.6 Å². The van der Waals surface area contributed by atoms with Gasteiger partial charge in [0.25, 0.3) is 0 Å². The Balaban J connectivity index is 1.41. The number of methoxy groups -OCH3 is 2. The van der Waals surface area contributed by atoms with Crippen LogP contribution in [0.15, 0.2) is 77.1 Å². The standard InChI is InChI=1S/C28H22Cl2N6O4/c1-38-20-12-21(39-2)23(30)24(22(20)29)35-15-17-13-31-27(40-26-18-10-6-7-11-19(18)33-34-26)32-25(17)36(28(35)37)14-16-8-4-3-5-9-16/h3-13,26H,14-15H2,1-2H3. The lowest BCUT2D eigenvalue weighted by Crippen LogP contribution is -2.47. The minimum atomic E-state index is -0.686. The van der Waals surface area contributed by atoms with Crippen LogP contribution in [0, 0.1) is 0 Å². The van der Waals surface area contributed by atoms with Gasteiger partial charge in [-0.15, -0.1) is 5.11 Å². The zero-order valence-electron chi connectivity index (χ0n) is 21.4. The third-order valence-corrected chi connectivity index (χ3v) is 7.29. The molecule has 2 aliphatic heterocycles. The molecule has 4 aromatic rings. The summed E-state index contributed by atoms with van der Waals surface area (Å²) in [6.07, 6.45) is 0.932. The SMILES string of the molecule is COc1cc(OC)c(Cl)c(N2Cc3cnc(OC4N=Nc5ccccc54)nc3N(Cc3ccccc3)C2=O)c1Cl. The fourth-order valence-corrected chi connectivity index (χ4v) is 5.31. The number of hydrogen-bond acceptors (Lipinski definition) is 8. The van der Waals surface area contributed by atoms with E-state index in [0.29, 0.717) is 22.9 Å². The predicted octanol–water partition coefficient (Wildman–Crippen LogP) is 7.12. The summed E-state index contributed by atoms with van der Waals surface area (Å²) < 4.78 is 16.9. The number of nitrogens with zero attached hydrogens (tertiary/aromatic N) is 6. The topological polar surface area (TPSA) is 102 Å². The van der Waals surface area contributed by atoms with Crippen LogP contribution in [0.25, 0.3) is 0 Å². The van der Waals surface area contributed by atoms with Crippen LogP contribution in [0.1, 0.15) is 22.9 Å². The molecule has 40 heavy (non-hydrogen) atoms. The van der Waals surface area contributed by atoms with Crippen LogP contribution < -0.4 is 24.0 Å². The molecule has 3 aromatic carbocycles. The lowest BCUT2D eigenvalue weighted by atomic mass is 10.1. The number of urea groups is 1. The summed E-state index contributed by atoms with van der Waals surface area (Å²) in [6.45, 7) is 0.323. The van der Waals surface area contributed by atoms with Crippen molar-refractivity contribution in [2.24, 2.45) is 10.2 Å². The highest BCUT2D eigenvalue weighted by Crippen LogP contribution is 2.48. The van der Waals surface area contributed by atoms with E-state index < -0.39 is 12.3 Å². The van der Waals surface area contributed by atoms with Crippen molar-refractivity contribution in [1.82, 2.24) is 9.97 Å². The summed E-state index contributed by atoms with van der Waals surface area (Å²) >= 11 is 13.4. The molecule has 1 atom stereocenters. The molecule has 10 nitrogen and oxygen atoms in total. The predicted molar refractivity (Wildman–Crippen MR) is 150 cm³/mol. The van der Waals surface area contributed by atoms with Gasteiger partial charge in [-0.2, -0.15) is 10.1 Å². The van der Waals surface area contributed by atoms with Crippen molar-refractivity contribution in [3.05, 3.63) is 93.6 Å². The van der Waals surface area contributed by atoms with Crippen LogP contribution in [0.5, 0.6) is 17.5 Å². The zero-order chi connectivity index (χ0) is 27.8. The van der Waals surface area contributed by atoms with E-state index in [9.17, 15) is 4.79 Å². The average molecular weight is 577 g/mol. The molecule has 6 rings (SSSR count). The maximum absolute atomic E-state index is 14.1. The molecule has 3 heterocycles. The summed E-state index contributed by atoms with van der Waals surface area (Å²) in [6, 6.07) is 18.3. The van der Waals surface area contributed by atoms with Gasteiger partial charge in [0.2, 0.25) is 6.23 Å². The molecular weight excluding hydrogens is 555 g/mol. The Morgan fingerprint density at radius 1 is 0.975 bits per heavy atom. The van der Waals surface area contributed by atoms with Crippen molar-refractivity contribution in [1.29, 1.82) is 0 Å². The van der Waals surface area contributed by atoms with E-state index in [0.717, 1.165) is 16.8 Å². The number of ether oxygens (including phenoxy) is 3. The monoisotopic (exact) mass is 576 g/mol. The second-order valence-electron chi connectivity index (χ2n) is 8.94. The maximum atomic E-state index is 14.1. The number of azo groups is 1. The average Bonchev–Trinajstić information content (AvgIpc) is 3.38. The molecule has 0 aliphatic carbocycles. The Kier molecular flexibility index (Phi) is 6.87. The summed E-state index contributed by atoms with van der Waals surface area (Å²) in [7, 11) is 2.95. The van der Waals surface area contributed by atoms with Gasteiger partial charge in [0.1, 0.15) is 27.4 Å². The summed E-state index contributed by atoms with van der Waals surface area (Å²) in [5.41, 5.74) is 3.35. The highest BCUT2D eigenvalue weighted by atomic mass is 35.5. The van der Waals surface area contributed by atoms with Crippen LogP contribution in [0.3, 0.4) is 0 Å². The van der Waals surface area contributed by atoms with Gasteiger partial charge in [0, 0.05) is 23.4 Å². The van der Waals surface area contributed by atoms with Crippen molar-refractivity contribution in [3.8, 4) is 17.5 Å². The number of benzene rings is 3. The quantitative estimate of drug-likeness (QED) is 0.232. The molecule has 0 saturated heterocycles. The van der Waals surface area contributed by atoms with Gasteiger partial charge in [-0.25, -0.2) is 9.78 Å². The fourth-order valence-electron chi connectivity index (χ4n) is 4.60. The summed E-state index contributed by atoms with van der Waals surface area (Å²) in [5, 5.41) is 8.71. The Hall–Kier alpha value is -4.41. The van der Waals surface area contributed by atoms with Crippen LogP contribution in [0.4, 0.5) is 22.0 Å². The van der Waals surface area contributed by atoms with Crippen LogP contribution in [0.2, 0.25) is 10.0 Å². The van der Waals surface area contributed by atoms with E-state index in [2.05, 4.69) is 20.2 Å². The first-order valence-electron chi connectivity index (χ1n) is 12.2. The van der Waals surface area contributed by atoms with E-state index in [-0.39, 0.29) is 34.8 Å². The molecule has 202 valence electrons. The van der Waals surface area contributed by atoms with Crippen LogP contribution >= 0.6 is 23.2 Å². The number of carbonyl (C=O) groups is 1. The first kappa shape index (κ1) is 25.8. The molecule has 0 radical (unpaired) electrons. The number of hydrogen-bond donors (Lipinski definition) is 0. The second kappa shape index (κ2) is 10.6. The molecular formula is C28H22Cl2N6O4. The van der Waals surface area contributed by atoms with E-state index in [1.54, 1.807) is 12.3 Å². The minimum absolute atomic E-state index is 0.0674. The van der Waals surface area contributed by atoms with Gasteiger partial charge >= 0.3 is 12.0 Å². The van der Waals surface area contributed by atoms with Crippen molar-refractivity contribution in [2.75, 3.05) is 24.0 Å². The van der Waals surface area contributed by atoms with Crippen molar-refractivity contribution >= 4 is 46.4 Å². The minimum Gasteiger partial charge on any atom is -0.495 e. The Morgan fingerprint density at radius 2 is 1.68 bits per heavy atom. The Morgan fingerprint density at radius 3 is 2.40 bits per heavy atom. The number of rotatable bonds is 7. The van der Waals surface area contributed by atoms with Gasteiger partial charge in [-0.05, 0) is 11.6 Å². The molecule has 1 unspecified atom stereocenters. The molecule has 0 bridgehead atoms. The number of halogens is 2. The third-order valence-electron chi connectivity index (χ3n) is 6.56. The molecule has 0 saturated carbocycles. The molecule has 0 N–H and O–H groups in total. The lowest BCUT2D eigenvalue weighted by Gasteiger charge is -2.37. The fraction of sp³-hybridized carbons (Fsp3) is 0.179. The first-order valence-corrected chi connectivity index (χ1v) is 13.0. The highest BCUT2D eigenvalue weighted by Gasteiger charge is 2.37. The molecule has 2 aliphatic rings. The smallest absolute Gasteiger partial charge is 0.330 e. The molecule has 2 amide bonds. The van der Waals surface area contributed by atoms with Crippen molar-refractivity contribution < 1.29 is 19.0 Å². The lowest BCUT2D eigenvalue weighted by molar-refractivity contribution is 0.197. The van der Waals surface area contributed by atoms with E-state index >= 15 is 0 Å². The zero-order valence-corrected chi connectivity index (χ0v) is 22.9. The third kappa shape index (κ3) is 4.55. The van der Waals surface area contributed by atoms with Gasteiger partial charge in [-0.3, -0.25) is 9.80 Å². The molecule has 0 spiro atoms. The number of amides is 2. The normalized spacial score (nSPS) is 15.6. The molecule has 0 fully saturated rings. The highest BCUT2D eigenvalue weighted by molar-refractivity contribution is 6.42. The summed E-state index contributed by atoms with van der Waals surface area (Å²) in [5.74, 6) is 1.04. The van der Waals surface area contributed by atoms with Gasteiger partial charge in [-0.1, -0.05) is 71.7 Å². The van der Waals surface area contributed by atoms with Gasteiger partial charge in [0.15, 0.2) is 0 Å². The second-order valence-corrected chi connectivity index (χ2v) is 9.70. The molecule has 1 aromatic heterocycles. The Labute approximate surface area is 239 Å². The largest absolute Gasteiger partial charge is 0.495 e. The maximum Gasteiger partial charge on any atom is 0.330 e. The number of fused-ring (bicyclic) bond motifs is 2. The van der Waals surface area contributed by atoms with Crippen LogP contribution in [-0.2, 0) is 13.1 Å². The van der Waals surface area contributed by atoms with E-state index in [1.165, 1.54) is 24.0 Å². The Bertz CT molecular complexity index is 1610. The van der Waals surface area contributed by atoms with Crippen molar-refractivity contribution in [2.45, 2.75) is 19.3 Å². The first-order chi connectivity index (χ1) is 19.5. The van der Waals surface area contributed by atoms with Gasteiger partial charge < -0.3 is 14.2 Å². The number of aromatic nitrogens is 2. The number of anilines is 2. The summed E-state index contributed by atoms with van der Waals surface area (Å²) in [4.78, 5) is 26.2. The molecule has 12 heteroatoms. The van der Waals surface area contributed by atoms with E-state index in [4.69, 9.17) is 37.4 Å².